The lowest BCUT2D eigenvalue weighted by molar-refractivity contribution is 0.0259. The average Bonchev–Trinajstić information content (AvgIpc) is 3.14. The standard InChI is InChI=1S/C23H26N2O3/c1-2-14-28-22(26)25-17-20(19-9-5-3-6-10-19)16-23(25,18-27-15-13-24)21-11-7-4-8-12-21/h2-12,16H,1,13-15,17-18,24H2. The molecule has 1 atom stereocenters. The molecule has 0 saturated heterocycles. The van der Waals surface area contributed by atoms with Crippen LogP contribution in [0.2, 0.25) is 0 Å². The zero-order valence-corrected chi connectivity index (χ0v) is 15.9. The van der Waals surface area contributed by atoms with E-state index in [9.17, 15) is 4.79 Å². The van der Waals surface area contributed by atoms with E-state index < -0.39 is 11.6 Å². The molecule has 1 heterocycles. The predicted molar refractivity (Wildman–Crippen MR) is 111 cm³/mol. The van der Waals surface area contributed by atoms with Crippen molar-refractivity contribution in [2.45, 2.75) is 5.54 Å². The summed E-state index contributed by atoms with van der Waals surface area (Å²) in [4.78, 5) is 14.7. The Kier molecular flexibility index (Phi) is 6.63. The normalized spacial score (nSPS) is 18.6. The van der Waals surface area contributed by atoms with Crippen molar-refractivity contribution in [3.63, 3.8) is 0 Å². The smallest absolute Gasteiger partial charge is 0.411 e. The number of benzene rings is 2. The highest BCUT2D eigenvalue weighted by atomic mass is 16.6. The molecule has 0 aliphatic carbocycles. The third kappa shape index (κ3) is 4.16. The van der Waals surface area contributed by atoms with E-state index in [2.05, 4.69) is 12.7 Å². The Morgan fingerprint density at radius 1 is 1.14 bits per heavy atom. The maximum Gasteiger partial charge on any atom is 0.411 e. The predicted octanol–water partition coefficient (Wildman–Crippen LogP) is 3.58. The van der Waals surface area contributed by atoms with E-state index in [1.807, 2.05) is 60.7 Å². The Balaban J connectivity index is 2.06. The van der Waals surface area contributed by atoms with Gasteiger partial charge in [0.1, 0.15) is 12.1 Å². The summed E-state index contributed by atoms with van der Waals surface area (Å²) >= 11 is 0. The molecule has 1 aliphatic rings. The Hall–Kier alpha value is -2.89. The van der Waals surface area contributed by atoms with E-state index >= 15 is 0 Å². The summed E-state index contributed by atoms with van der Waals surface area (Å²) < 4.78 is 11.3. The summed E-state index contributed by atoms with van der Waals surface area (Å²) in [7, 11) is 0. The van der Waals surface area contributed by atoms with Gasteiger partial charge in [0.15, 0.2) is 0 Å². The van der Waals surface area contributed by atoms with Crippen LogP contribution in [-0.2, 0) is 15.0 Å². The summed E-state index contributed by atoms with van der Waals surface area (Å²) in [6.07, 6.45) is 3.28. The number of hydrogen-bond acceptors (Lipinski definition) is 4. The first-order chi connectivity index (χ1) is 13.7. The lowest BCUT2D eigenvalue weighted by atomic mass is 9.89. The van der Waals surface area contributed by atoms with Crippen LogP contribution in [0.4, 0.5) is 4.79 Å². The molecule has 0 spiro atoms. The molecule has 2 aromatic carbocycles. The number of carbonyl (C=O) groups is 1. The number of rotatable bonds is 8. The van der Waals surface area contributed by atoms with Crippen molar-refractivity contribution in [2.24, 2.45) is 5.73 Å². The molecule has 0 aromatic heterocycles. The molecule has 1 unspecified atom stereocenters. The number of carbonyl (C=O) groups excluding carboxylic acids is 1. The monoisotopic (exact) mass is 378 g/mol. The Morgan fingerprint density at radius 3 is 2.46 bits per heavy atom. The van der Waals surface area contributed by atoms with Gasteiger partial charge in [-0.3, -0.25) is 4.90 Å². The maximum atomic E-state index is 12.9. The molecule has 3 rings (SSSR count). The zero-order chi connectivity index (χ0) is 19.8. The van der Waals surface area contributed by atoms with Gasteiger partial charge in [0.2, 0.25) is 0 Å². The quantitative estimate of drug-likeness (QED) is 0.563. The molecule has 5 heteroatoms. The largest absolute Gasteiger partial charge is 0.445 e. The highest BCUT2D eigenvalue weighted by molar-refractivity contribution is 5.80. The van der Waals surface area contributed by atoms with Crippen LogP contribution < -0.4 is 5.73 Å². The Bertz CT molecular complexity index is 820. The SMILES string of the molecule is C=CCOC(=O)N1CC(c2ccccc2)=CC1(COCCN)c1ccccc1. The van der Waals surface area contributed by atoms with E-state index in [0.717, 1.165) is 16.7 Å². The van der Waals surface area contributed by atoms with Gasteiger partial charge in [0.25, 0.3) is 0 Å². The van der Waals surface area contributed by atoms with E-state index in [0.29, 0.717) is 26.3 Å². The summed E-state index contributed by atoms with van der Waals surface area (Å²) in [5.74, 6) is 0. The minimum atomic E-state index is -0.764. The molecule has 146 valence electrons. The Labute approximate surface area is 166 Å². The van der Waals surface area contributed by atoms with Gasteiger partial charge in [-0.15, -0.1) is 0 Å². The van der Waals surface area contributed by atoms with Gasteiger partial charge in [-0.2, -0.15) is 0 Å². The van der Waals surface area contributed by atoms with Gasteiger partial charge in [0, 0.05) is 6.54 Å². The number of ether oxygens (including phenoxy) is 2. The molecule has 0 saturated carbocycles. The third-order valence-electron chi connectivity index (χ3n) is 4.77. The fourth-order valence-electron chi connectivity index (χ4n) is 3.47. The van der Waals surface area contributed by atoms with Crippen LogP contribution in [0.25, 0.3) is 5.57 Å². The van der Waals surface area contributed by atoms with Gasteiger partial charge in [-0.25, -0.2) is 4.79 Å². The number of nitrogens with two attached hydrogens (primary N) is 1. The molecule has 1 aliphatic heterocycles. The van der Waals surface area contributed by atoms with Crippen LogP contribution in [-0.4, -0.2) is 43.9 Å². The van der Waals surface area contributed by atoms with E-state index in [1.165, 1.54) is 0 Å². The summed E-state index contributed by atoms with van der Waals surface area (Å²) in [6.45, 7) is 5.35. The van der Waals surface area contributed by atoms with Crippen LogP contribution in [0.5, 0.6) is 0 Å². The van der Waals surface area contributed by atoms with Gasteiger partial charge in [-0.1, -0.05) is 73.3 Å². The second-order valence-electron chi connectivity index (χ2n) is 6.62. The van der Waals surface area contributed by atoms with Crippen LogP contribution in [0, 0.1) is 0 Å². The van der Waals surface area contributed by atoms with Crippen molar-refractivity contribution in [1.82, 2.24) is 4.90 Å². The topological polar surface area (TPSA) is 64.8 Å². The van der Waals surface area contributed by atoms with Crippen LogP contribution in [0.3, 0.4) is 0 Å². The molecule has 2 N–H and O–H groups in total. The minimum absolute atomic E-state index is 0.157. The highest BCUT2D eigenvalue weighted by Gasteiger charge is 2.45. The molecule has 28 heavy (non-hydrogen) atoms. The molecule has 0 bridgehead atoms. The van der Waals surface area contributed by atoms with Crippen LogP contribution >= 0.6 is 0 Å². The van der Waals surface area contributed by atoms with E-state index in [-0.39, 0.29) is 6.61 Å². The van der Waals surface area contributed by atoms with Crippen molar-refractivity contribution in [2.75, 3.05) is 32.9 Å². The van der Waals surface area contributed by atoms with Crippen LogP contribution in [0.15, 0.2) is 79.4 Å². The Morgan fingerprint density at radius 2 is 1.82 bits per heavy atom. The molecule has 0 radical (unpaired) electrons. The first kappa shape index (κ1) is 19.9. The molecule has 0 fully saturated rings. The first-order valence-electron chi connectivity index (χ1n) is 9.37. The van der Waals surface area contributed by atoms with Crippen molar-refractivity contribution in [3.05, 3.63) is 90.5 Å². The molecule has 1 amide bonds. The minimum Gasteiger partial charge on any atom is -0.445 e. The number of nitrogens with zero attached hydrogens (tertiary/aromatic N) is 1. The van der Waals surface area contributed by atoms with Gasteiger partial charge < -0.3 is 15.2 Å². The van der Waals surface area contributed by atoms with E-state index in [1.54, 1.807) is 11.0 Å². The maximum absolute atomic E-state index is 12.9. The lowest BCUT2D eigenvalue weighted by Crippen LogP contribution is -2.49. The van der Waals surface area contributed by atoms with Gasteiger partial charge in [0.05, 0.1) is 19.8 Å². The van der Waals surface area contributed by atoms with Crippen LogP contribution in [0.1, 0.15) is 11.1 Å². The molecular weight excluding hydrogens is 352 g/mol. The average molecular weight is 378 g/mol. The fourth-order valence-corrected chi connectivity index (χ4v) is 3.47. The second kappa shape index (κ2) is 9.35. The molecule has 5 nitrogen and oxygen atoms in total. The fraction of sp³-hybridized carbons (Fsp3) is 0.261. The van der Waals surface area contributed by atoms with Crippen molar-refractivity contribution in [3.8, 4) is 0 Å². The lowest BCUT2D eigenvalue weighted by Gasteiger charge is -2.37. The van der Waals surface area contributed by atoms with Gasteiger partial charge >= 0.3 is 6.09 Å². The number of hydrogen-bond donors (Lipinski definition) is 1. The second-order valence-corrected chi connectivity index (χ2v) is 6.62. The van der Waals surface area contributed by atoms with Gasteiger partial charge in [-0.05, 0) is 22.8 Å². The van der Waals surface area contributed by atoms with E-state index in [4.69, 9.17) is 15.2 Å². The number of amides is 1. The summed E-state index contributed by atoms with van der Waals surface area (Å²) in [6, 6.07) is 19.9. The summed E-state index contributed by atoms with van der Waals surface area (Å²) in [5, 5.41) is 0. The highest BCUT2D eigenvalue weighted by Crippen LogP contribution is 2.41. The molecular formula is C23H26N2O3. The van der Waals surface area contributed by atoms with Crippen molar-refractivity contribution < 1.29 is 14.3 Å². The molecule has 2 aromatic rings. The third-order valence-corrected chi connectivity index (χ3v) is 4.77. The zero-order valence-electron chi connectivity index (χ0n) is 15.9. The first-order valence-corrected chi connectivity index (χ1v) is 9.37. The van der Waals surface area contributed by atoms with Crippen molar-refractivity contribution in [1.29, 1.82) is 0 Å². The summed E-state index contributed by atoms with van der Waals surface area (Å²) in [5.41, 5.74) is 7.94. The van der Waals surface area contributed by atoms with Crippen molar-refractivity contribution >= 4 is 11.7 Å².